The standard InChI is InChI=1S/C22H22FN4O.Ir/c1-12(2)15-8-6-9-16(13(3)4)20(15)27-14(5)25-26-21(27)17-10-7-11-18-19(17)24-22(23)28-18;/h6-9,11-13H,1-5H3;/q-1;. The Balaban J connectivity index is 0.00000240. The predicted molar refractivity (Wildman–Crippen MR) is 106 cm³/mol. The van der Waals surface area contributed by atoms with Gasteiger partial charge in [-0.15, -0.1) is 21.6 Å². The van der Waals surface area contributed by atoms with E-state index in [1.54, 1.807) is 12.1 Å². The van der Waals surface area contributed by atoms with Gasteiger partial charge in [-0.3, -0.25) is 0 Å². The molecule has 0 bridgehead atoms. The molecule has 29 heavy (non-hydrogen) atoms. The van der Waals surface area contributed by atoms with Crippen LogP contribution in [-0.4, -0.2) is 19.7 Å². The first-order valence-electron chi connectivity index (χ1n) is 9.40. The van der Waals surface area contributed by atoms with Crippen LogP contribution in [0.2, 0.25) is 0 Å². The van der Waals surface area contributed by atoms with Crippen LogP contribution in [0.15, 0.2) is 34.7 Å². The van der Waals surface area contributed by atoms with Crippen molar-refractivity contribution in [1.29, 1.82) is 0 Å². The molecule has 5 nitrogen and oxygen atoms in total. The zero-order chi connectivity index (χ0) is 20.0. The van der Waals surface area contributed by atoms with E-state index in [0.717, 1.165) is 11.5 Å². The molecule has 0 aliphatic rings. The third-order valence-corrected chi connectivity index (χ3v) is 4.94. The number of rotatable bonds is 4. The van der Waals surface area contributed by atoms with E-state index < -0.39 is 6.14 Å². The van der Waals surface area contributed by atoms with Gasteiger partial charge in [-0.25, -0.2) is 4.98 Å². The normalized spacial score (nSPS) is 11.4. The first kappa shape index (κ1) is 21.3. The number of para-hydroxylation sites is 1. The van der Waals surface area contributed by atoms with Crippen LogP contribution in [0.3, 0.4) is 0 Å². The van der Waals surface area contributed by atoms with Crippen LogP contribution < -0.4 is 0 Å². The molecule has 2 aromatic heterocycles. The summed E-state index contributed by atoms with van der Waals surface area (Å²) < 4.78 is 20.7. The summed E-state index contributed by atoms with van der Waals surface area (Å²) in [5.41, 5.74) is 4.79. The molecule has 153 valence electrons. The maximum atomic E-state index is 13.7. The molecule has 0 aliphatic carbocycles. The van der Waals surface area contributed by atoms with Gasteiger partial charge in [0.2, 0.25) is 0 Å². The Morgan fingerprint density at radius 2 is 1.69 bits per heavy atom. The molecule has 4 aromatic rings. The summed E-state index contributed by atoms with van der Waals surface area (Å²) in [5, 5.41) is 8.72. The van der Waals surface area contributed by atoms with Crippen molar-refractivity contribution in [2.24, 2.45) is 0 Å². The van der Waals surface area contributed by atoms with Crippen LogP contribution >= 0.6 is 0 Å². The zero-order valence-electron chi connectivity index (χ0n) is 16.9. The molecule has 0 unspecified atom stereocenters. The molecule has 0 atom stereocenters. The average Bonchev–Trinajstić information content (AvgIpc) is 3.22. The van der Waals surface area contributed by atoms with Crippen molar-refractivity contribution >= 4 is 11.1 Å². The van der Waals surface area contributed by atoms with Crippen molar-refractivity contribution in [1.82, 2.24) is 19.7 Å². The van der Waals surface area contributed by atoms with Crippen LogP contribution in [0.25, 0.3) is 28.2 Å². The minimum atomic E-state index is -0.871. The minimum absolute atomic E-state index is 0. The topological polar surface area (TPSA) is 56.7 Å². The van der Waals surface area contributed by atoms with Crippen molar-refractivity contribution in [2.45, 2.75) is 46.5 Å². The zero-order valence-corrected chi connectivity index (χ0v) is 19.3. The summed E-state index contributed by atoms with van der Waals surface area (Å²) in [6.45, 7) is 10.6. The number of hydrogen-bond acceptors (Lipinski definition) is 4. The fraction of sp³-hybridized carbons (Fsp3) is 0.318. The summed E-state index contributed by atoms with van der Waals surface area (Å²) in [6, 6.07) is 12.8. The Labute approximate surface area is 182 Å². The van der Waals surface area contributed by atoms with E-state index in [1.165, 1.54) is 11.1 Å². The van der Waals surface area contributed by atoms with Crippen molar-refractivity contribution in [2.75, 3.05) is 0 Å². The predicted octanol–water partition coefficient (Wildman–Crippen LogP) is 5.57. The molecule has 1 radical (unpaired) electrons. The van der Waals surface area contributed by atoms with Gasteiger partial charge in [-0.05, 0) is 29.9 Å². The van der Waals surface area contributed by atoms with Crippen LogP contribution in [0, 0.1) is 19.1 Å². The fourth-order valence-corrected chi connectivity index (χ4v) is 3.60. The average molecular weight is 570 g/mol. The van der Waals surface area contributed by atoms with Gasteiger partial charge in [0.25, 0.3) is 0 Å². The Bertz CT molecular complexity index is 1140. The molecule has 0 amide bonds. The largest absolute Gasteiger partial charge is 0.436 e. The van der Waals surface area contributed by atoms with E-state index in [4.69, 9.17) is 4.42 Å². The SMILES string of the molecule is Cc1nnc(-c2[c-]ccc3oc(F)nc23)n1-c1c(C(C)C)cccc1C(C)C.[Ir]. The molecule has 0 N–H and O–H groups in total. The van der Waals surface area contributed by atoms with E-state index in [9.17, 15) is 4.39 Å². The number of fused-ring (bicyclic) bond motifs is 1. The summed E-state index contributed by atoms with van der Waals surface area (Å²) in [5.74, 6) is 1.95. The molecule has 2 aromatic carbocycles. The van der Waals surface area contributed by atoms with E-state index in [1.807, 2.05) is 11.5 Å². The van der Waals surface area contributed by atoms with Gasteiger partial charge in [0, 0.05) is 31.3 Å². The monoisotopic (exact) mass is 570 g/mol. The number of benzene rings is 2. The van der Waals surface area contributed by atoms with E-state index >= 15 is 0 Å². The maximum Gasteiger partial charge on any atom is 0.371 e. The van der Waals surface area contributed by atoms with Gasteiger partial charge in [-0.2, -0.15) is 5.10 Å². The number of nitrogens with zero attached hydrogens (tertiary/aromatic N) is 4. The quantitative estimate of drug-likeness (QED) is 0.302. The molecule has 0 fully saturated rings. The minimum Gasteiger partial charge on any atom is -0.436 e. The van der Waals surface area contributed by atoms with Crippen LogP contribution in [0.4, 0.5) is 4.39 Å². The maximum absolute atomic E-state index is 13.7. The molecular formula is C22H22FIrN4O-. The van der Waals surface area contributed by atoms with Crippen LogP contribution in [0.1, 0.15) is 56.5 Å². The second-order valence-electron chi connectivity index (χ2n) is 7.53. The van der Waals surface area contributed by atoms with Gasteiger partial charge in [-0.1, -0.05) is 57.5 Å². The van der Waals surface area contributed by atoms with Crippen molar-refractivity contribution < 1.29 is 28.9 Å². The molecule has 0 aliphatic heterocycles. The molecule has 7 heteroatoms. The van der Waals surface area contributed by atoms with Crippen molar-refractivity contribution in [3.8, 4) is 17.1 Å². The summed E-state index contributed by atoms with van der Waals surface area (Å²) in [6.07, 6.45) is -0.871. The van der Waals surface area contributed by atoms with Gasteiger partial charge in [0.05, 0.1) is 11.4 Å². The van der Waals surface area contributed by atoms with E-state index in [2.05, 4.69) is 67.1 Å². The Morgan fingerprint density at radius 3 is 2.31 bits per heavy atom. The Hall–Kier alpha value is -2.37. The number of halogens is 1. The van der Waals surface area contributed by atoms with Gasteiger partial charge in [0.1, 0.15) is 5.82 Å². The van der Waals surface area contributed by atoms with E-state index in [-0.39, 0.29) is 20.1 Å². The Morgan fingerprint density at radius 1 is 1.03 bits per heavy atom. The van der Waals surface area contributed by atoms with Crippen molar-refractivity contribution in [3.63, 3.8) is 0 Å². The molecule has 0 spiro atoms. The molecule has 2 heterocycles. The second-order valence-corrected chi connectivity index (χ2v) is 7.53. The summed E-state index contributed by atoms with van der Waals surface area (Å²) >= 11 is 0. The number of hydrogen-bond donors (Lipinski definition) is 0. The number of oxazole rings is 1. The third kappa shape index (κ3) is 3.65. The van der Waals surface area contributed by atoms with Gasteiger partial charge < -0.3 is 8.98 Å². The van der Waals surface area contributed by atoms with Crippen LogP contribution in [-0.2, 0) is 20.1 Å². The molecule has 0 saturated heterocycles. The number of aryl methyl sites for hydroxylation is 1. The summed E-state index contributed by atoms with van der Waals surface area (Å²) in [4.78, 5) is 3.90. The second kappa shape index (κ2) is 8.17. The van der Waals surface area contributed by atoms with Gasteiger partial charge in [0.15, 0.2) is 0 Å². The molecule has 0 saturated carbocycles. The summed E-state index contributed by atoms with van der Waals surface area (Å²) in [7, 11) is 0. The van der Waals surface area contributed by atoms with E-state index in [0.29, 0.717) is 34.3 Å². The fourth-order valence-electron chi connectivity index (χ4n) is 3.60. The molecular weight excluding hydrogens is 547 g/mol. The first-order chi connectivity index (χ1) is 13.4. The third-order valence-electron chi connectivity index (χ3n) is 4.94. The van der Waals surface area contributed by atoms with Crippen molar-refractivity contribution in [3.05, 3.63) is 59.5 Å². The first-order valence-corrected chi connectivity index (χ1v) is 9.40. The van der Waals surface area contributed by atoms with Gasteiger partial charge >= 0.3 is 6.14 Å². The Kier molecular flexibility index (Phi) is 6.01. The molecule has 4 rings (SSSR count). The number of aromatic nitrogens is 4. The smallest absolute Gasteiger partial charge is 0.371 e. The van der Waals surface area contributed by atoms with Crippen LogP contribution in [0.5, 0.6) is 0 Å².